The molecular formula is C21H20F2N4O2S. The Morgan fingerprint density at radius 1 is 1.10 bits per heavy atom. The first-order chi connectivity index (χ1) is 14.4. The average molecular weight is 430 g/mol. The Bertz CT molecular complexity index is 1020. The van der Waals surface area contributed by atoms with Crippen LogP contribution in [-0.4, -0.2) is 27.8 Å². The van der Waals surface area contributed by atoms with Gasteiger partial charge in [-0.1, -0.05) is 19.9 Å². The Morgan fingerprint density at radius 3 is 2.40 bits per heavy atom. The van der Waals surface area contributed by atoms with Gasteiger partial charge in [-0.25, -0.2) is 13.8 Å². The van der Waals surface area contributed by atoms with Crippen molar-refractivity contribution in [2.45, 2.75) is 26.4 Å². The minimum Gasteiger partial charge on any atom is -0.348 e. The van der Waals surface area contributed by atoms with E-state index in [0.717, 1.165) is 23.4 Å². The van der Waals surface area contributed by atoms with Gasteiger partial charge in [0.15, 0.2) is 0 Å². The SMILES string of the molecule is CC(C)[C@H](NC(=O)c1c(F)cccc1F)C(=O)NCc1nc(-c2ccncc2)cs1. The topological polar surface area (TPSA) is 84.0 Å². The van der Waals surface area contributed by atoms with Gasteiger partial charge in [-0.05, 0) is 30.2 Å². The number of amides is 2. The highest BCUT2D eigenvalue weighted by atomic mass is 32.1. The van der Waals surface area contributed by atoms with Crippen molar-refractivity contribution in [1.29, 1.82) is 0 Å². The Balaban J connectivity index is 1.65. The second-order valence-corrected chi connectivity index (χ2v) is 7.81. The molecule has 3 rings (SSSR count). The summed E-state index contributed by atoms with van der Waals surface area (Å²) in [6, 6.07) is 5.86. The molecule has 1 aromatic carbocycles. The number of nitrogens with one attached hydrogen (secondary N) is 2. The molecule has 0 saturated carbocycles. The third-order valence-corrected chi connectivity index (χ3v) is 5.22. The largest absolute Gasteiger partial charge is 0.348 e. The fourth-order valence-corrected chi connectivity index (χ4v) is 3.53. The van der Waals surface area contributed by atoms with E-state index < -0.39 is 35.1 Å². The summed E-state index contributed by atoms with van der Waals surface area (Å²) in [7, 11) is 0. The van der Waals surface area contributed by atoms with Crippen LogP contribution in [0.4, 0.5) is 8.78 Å². The minimum absolute atomic E-state index is 0.168. The van der Waals surface area contributed by atoms with Gasteiger partial charge in [-0.15, -0.1) is 11.3 Å². The minimum atomic E-state index is -0.984. The Kier molecular flexibility index (Phi) is 6.83. The normalized spacial score (nSPS) is 11.9. The number of carbonyl (C=O) groups is 2. The maximum atomic E-state index is 13.9. The van der Waals surface area contributed by atoms with E-state index in [9.17, 15) is 18.4 Å². The summed E-state index contributed by atoms with van der Waals surface area (Å²) < 4.78 is 27.7. The summed E-state index contributed by atoms with van der Waals surface area (Å²) >= 11 is 1.39. The van der Waals surface area contributed by atoms with Crippen molar-refractivity contribution in [2.24, 2.45) is 5.92 Å². The number of halogens is 2. The fourth-order valence-electron chi connectivity index (χ4n) is 2.78. The number of aromatic nitrogens is 2. The van der Waals surface area contributed by atoms with Crippen LogP contribution in [0, 0.1) is 17.6 Å². The van der Waals surface area contributed by atoms with Crippen molar-refractivity contribution in [3.05, 3.63) is 70.3 Å². The third-order valence-electron chi connectivity index (χ3n) is 4.37. The molecule has 9 heteroatoms. The molecule has 30 heavy (non-hydrogen) atoms. The third kappa shape index (κ3) is 5.04. The van der Waals surface area contributed by atoms with E-state index >= 15 is 0 Å². The number of hydrogen-bond donors (Lipinski definition) is 2. The molecule has 0 aliphatic rings. The van der Waals surface area contributed by atoms with Crippen LogP contribution in [0.5, 0.6) is 0 Å². The maximum Gasteiger partial charge on any atom is 0.257 e. The molecule has 2 N–H and O–H groups in total. The highest BCUT2D eigenvalue weighted by molar-refractivity contribution is 7.09. The first-order valence-electron chi connectivity index (χ1n) is 9.24. The van der Waals surface area contributed by atoms with Crippen LogP contribution in [0.15, 0.2) is 48.1 Å². The number of rotatable bonds is 7. The summed E-state index contributed by atoms with van der Waals surface area (Å²) in [4.78, 5) is 33.4. The van der Waals surface area contributed by atoms with Crippen molar-refractivity contribution in [3.8, 4) is 11.3 Å². The van der Waals surface area contributed by atoms with Crippen molar-refractivity contribution in [3.63, 3.8) is 0 Å². The molecule has 0 aliphatic carbocycles. The van der Waals surface area contributed by atoms with Gasteiger partial charge in [-0.2, -0.15) is 0 Å². The highest BCUT2D eigenvalue weighted by Crippen LogP contribution is 2.21. The molecule has 156 valence electrons. The average Bonchev–Trinajstić information content (AvgIpc) is 3.19. The lowest BCUT2D eigenvalue weighted by Crippen LogP contribution is -2.49. The molecule has 0 aliphatic heterocycles. The molecule has 0 spiro atoms. The molecular weight excluding hydrogens is 410 g/mol. The van der Waals surface area contributed by atoms with Crippen LogP contribution in [0.2, 0.25) is 0 Å². The molecule has 2 heterocycles. The molecule has 1 atom stereocenters. The molecule has 0 unspecified atom stereocenters. The quantitative estimate of drug-likeness (QED) is 0.600. The molecule has 3 aromatic rings. The highest BCUT2D eigenvalue weighted by Gasteiger charge is 2.27. The zero-order valence-corrected chi connectivity index (χ0v) is 17.2. The monoisotopic (exact) mass is 430 g/mol. The van der Waals surface area contributed by atoms with E-state index in [4.69, 9.17) is 0 Å². The van der Waals surface area contributed by atoms with Gasteiger partial charge >= 0.3 is 0 Å². The first-order valence-corrected chi connectivity index (χ1v) is 10.1. The van der Waals surface area contributed by atoms with Gasteiger partial charge in [0, 0.05) is 23.3 Å². The molecule has 2 amide bonds. The molecule has 6 nitrogen and oxygen atoms in total. The van der Waals surface area contributed by atoms with Crippen molar-refractivity contribution in [2.75, 3.05) is 0 Å². The number of pyridine rings is 1. The van der Waals surface area contributed by atoms with Crippen LogP contribution < -0.4 is 10.6 Å². The summed E-state index contributed by atoms with van der Waals surface area (Å²) in [5, 5.41) is 7.71. The molecule has 0 radical (unpaired) electrons. The van der Waals surface area contributed by atoms with Crippen LogP contribution in [0.1, 0.15) is 29.2 Å². The van der Waals surface area contributed by atoms with Crippen LogP contribution >= 0.6 is 11.3 Å². The summed E-state index contributed by atoms with van der Waals surface area (Å²) in [5.74, 6) is -3.71. The lowest BCUT2D eigenvalue weighted by Gasteiger charge is -2.21. The summed E-state index contributed by atoms with van der Waals surface area (Å²) in [5.41, 5.74) is 0.978. The second kappa shape index (κ2) is 9.53. The zero-order valence-electron chi connectivity index (χ0n) is 16.4. The predicted octanol–water partition coefficient (Wildman–Crippen LogP) is 3.55. The van der Waals surface area contributed by atoms with Gasteiger partial charge < -0.3 is 10.6 Å². The summed E-state index contributed by atoms with van der Waals surface area (Å²) in [6.45, 7) is 3.63. The Labute approximate surface area is 176 Å². The van der Waals surface area contributed by atoms with Crippen molar-refractivity contribution < 1.29 is 18.4 Å². The number of thiazole rings is 1. The lowest BCUT2D eigenvalue weighted by atomic mass is 10.0. The number of nitrogens with zero attached hydrogens (tertiary/aromatic N) is 2. The predicted molar refractivity (Wildman–Crippen MR) is 110 cm³/mol. The van der Waals surface area contributed by atoms with Crippen LogP contribution in [-0.2, 0) is 11.3 Å². The van der Waals surface area contributed by atoms with Crippen molar-refractivity contribution >= 4 is 23.2 Å². The van der Waals surface area contributed by atoms with E-state index in [1.54, 1.807) is 26.2 Å². The van der Waals surface area contributed by atoms with Gasteiger partial charge in [0.1, 0.15) is 28.2 Å². The number of carbonyl (C=O) groups excluding carboxylic acids is 2. The van der Waals surface area contributed by atoms with Crippen LogP contribution in [0.25, 0.3) is 11.3 Å². The molecule has 0 fully saturated rings. The van der Waals surface area contributed by atoms with Crippen LogP contribution in [0.3, 0.4) is 0 Å². The van der Waals surface area contributed by atoms with E-state index in [0.29, 0.717) is 5.01 Å². The van der Waals surface area contributed by atoms with E-state index in [2.05, 4.69) is 20.6 Å². The van der Waals surface area contributed by atoms with Gasteiger partial charge in [0.2, 0.25) is 5.91 Å². The molecule has 2 aromatic heterocycles. The van der Waals surface area contributed by atoms with Gasteiger partial charge in [0.25, 0.3) is 5.91 Å². The zero-order chi connectivity index (χ0) is 21.7. The van der Waals surface area contributed by atoms with E-state index in [1.807, 2.05) is 17.5 Å². The van der Waals surface area contributed by atoms with Crippen molar-refractivity contribution in [1.82, 2.24) is 20.6 Å². The standard InChI is InChI=1S/C21H20F2N4O2S/c1-12(2)19(27-20(28)18-14(22)4-3-5-15(18)23)21(29)25-10-17-26-16(11-30-17)13-6-8-24-9-7-13/h3-9,11-12,19H,10H2,1-2H3,(H,25,29)(H,27,28)/t19-/m0/s1. The number of hydrogen-bond acceptors (Lipinski definition) is 5. The lowest BCUT2D eigenvalue weighted by molar-refractivity contribution is -0.124. The first kappa shape index (κ1) is 21.5. The van der Waals surface area contributed by atoms with Gasteiger partial charge in [-0.3, -0.25) is 14.6 Å². The Morgan fingerprint density at radius 2 is 1.77 bits per heavy atom. The molecule has 0 saturated heterocycles. The maximum absolute atomic E-state index is 13.9. The van der Waals surface area contributed by atoms with E-state index in [1.165, 1.54) is 17.4 Å². The summed E-state index contributed by atoms with van der Waals surface area (Å²) in [6.07, 6.45) is 3.34. The smallest absolute Gasteiger partial charge is 0.257 e. The Hall–Kier alpha value is -3.20. The number of benzene rings is 1. The molecule has 0 bridgehead atoms. The van der Waals surface area contributed by atoms with Gasteiger partial charge in [0.05, 0.1) is 12.2 Å². The fraction of sp³-hybridized carbons (Fsp3) is 0.238. The second-order valence-electron chi connectivity index (χ2n) is 6.87. The van der Waals surface area contributed by atoms with E-state index in [-0.39, 0.29) is 12.5 Å².